The van der Waals surface area contributed by atoms with E-state index >= 15 is 0 Å². The number of rotatable bonds is 6. The molecule has 0 radical (unpaired) electrons. The van der Waals surface area contributed by atoms with E-state index in [0.717, 1.165) is 25.1 Å². The average Bonchev–Trinajstić information content (AvgIpc) is 2.78. The molecule has 3 aromatic rings. The first-order valence-corrected chi connectivity index (χ1v) is 11.5. The van der Waals surface area contributed by atoms with E-state index in [9.17, 15) is 36.6 Å². The molecule has 0 aliphatic rings. The summed E-state index contributed by atoms with van der Waals surface area (Å²) in [6, 6.07) is 14.5. The third-order valence-electron chi connectivity index (χ3n) is 5.44. The summed E-state index contributed by atoms with van der Waals surface area (Å²) in [6.45, 7) is 0.792. The van der Waals surface area contributed by atoms with E-state index in [1.54, 1.807) is 0 Å². The first kappa shape index (κ1) is 25.7. The van der Waals surface area contributed by atoms with E-state index in [-0.39, 0.29) is 16.9 Å². The number of benzene rings is 3. The Labute approximate surface area is 198 Å². The molecule has 3 aromatic carbocycles. The summed E-state index contributed by atoms with van der Waals surface area (Å²) in [5.41, 5.74) is -0.0352. The fourth-order valence-corrected chi connectivity index (χ4v) is 5.99. The van der Waals surface area contributed by atoms with Gasteiger partial charge in [0.1, 0.15) is 11.0 Å². The Bertz CT molecular complexity index is 1440. The van der Waals surface area contributed by atoms with Crippen LogP contribution in [-0.4, -0.2) is 30.1 Å². The second-order valence-corrected chi connectivity index (χ2v) is 9.90. The van der Waals surface area contributed by atoms with Gasteiger partial charge in [-0.3, -0.25) is 4.79 Å². The number of phenolic OH excluding ortho intramolecular Hbond substituents is 1. The van der Waals surface area contributed by atoms with Crippen LogP contribution in [0.25, 0.3) is 11.1 Å². The molecule has 2 unspecified atom stereocenters. The molecule has 182 valence electrons. The molecule has 0 saturated heterocycles. The lowest BCUT2D eigenvalue weighted by atomic mass is 9.92. The summed E-state index contributed by atoms with van der Waals surface area (Å²) in [7, 11) is -4.81. The topological polar surface area (TPSA) is 141 Å². The Morgan fingerprint density at radius 1 is 1.06 bits per heavy atom. The summed E-state index contributed by atoms with van der Waals surface area (Å²) in [5, 5.41) is 27.5. The quantitative estimate of drug-likeness (QED) is 0.467. The lowest BCUT2D eigenvalue weighted by molar-refractivity contribution is -0.137. The van der Waals surface area contributed by atoms with Gasteiger partial charge in [0.15, 0.2) is 15.4 Å². The van der Waals surface area contributed by atoms with Crippen LogP contribution in [0.15, 0.2) is 71.6 Å². The average molecular weight is 504 g/mol. The summed E-state index contributed by atoms with van der Waals surface area (Å²) in [4.78, 5) is 11.7. The number of hydrogen-bond acceptors (Lipinski definition) is 6. The zero-order valence-corrected chi connectivity index (χ0v) is 18.9. The van der Waals surface area contributed by atoms with Crippen molar-refractivity contribution in [2.24, 2.45) is 5.73 Å². The molecule has 0 saturated carbocycles. The van der Waals surface area contributed by atoms with Crippen LogP contribution < -0.4 is 5.73 Å². The standard InChI is InChI=1S/C24H19F3N2O5S/c1-23(32,22(29)31)21(15-9-10-16(13-28)19(12-15)24(25,26)27)35(33,34)20-8-3-2-7-18(20)14-5-4-6-17(30)11-14/h2-12,21,30,32H,1H3,(H2,29,31). The van der Waals surface area contributed by atoms with Gasteiger partial charge in [0.2, 0.25) is 0 Å². The predicted octanol–water partition coefficient (Wildman–Crippen LogP) is 3.70. The molecule has 35 heavy (non-hydrogen) atoms. The van der Waals surface area contributed by atoms with Crippen molar-refractivity contribution < 1.29 is 36.6 Å². The molecular formula is C24H19F3N2O5S. The lowest BCUT2D eigenvalue weighted by Crippen LogP contribution is -2.49. The van der Waals surface area contributed by atoms with E-state index < -0.39 is 54.4 Å². The summed E-state index contributed by atoms with van der Waals surface area (Å²) in [6.07, 6.45) is -5.02. The van der Waals surface area contributed by atoms with Crippen LogP contribution in [0.2, 0.25) is 0 Å². The number of aromatic hydroxyl groups is 1. The number of hydrogen-bond donors (Lipinski definition) is 3. The van der Waals surface area contributed by atoms with Crippen molar-refractivity contribution in [1.29, 1.82) is 5.26 Å². The molecule has 1 amide bonds. The maximum atomic E-state index is 13.9. The van der Waals surface area contributed by atoms with Gasteiger partial charge >= 0.3 is 6.18 Å². The molecule has 0 aliphatic heterocycles. The second-order valence-electron chi connectivity index (χ2n) is 7.90. The maximum absolute atomic E-state index is 13.9. The number of carbonyl (C=O) groups is 1. The molecule has 4 N–H and O–H groups in total. The highest BCUT2D eigenvalue weighted by molar-refractivity contribution is 7.92. The van der Waals surface area contributed by atoms with Gasteiger partial charge < -0.3 is 15.9 Å². The van der Waals surface area contributed by atoms with E-state index in [1.807, 2.05) is 0 Å². The lowest BCUT2D eigenvalue weighted by Gasteiger charge is -2.31. The third kappa shape index (κ3) is 4.84. The monoisotopic (exact) mass is 504 g/mol. The summed E-state index contributed by atoms with van der Waals surface area (Å²) >= 11 is 0. The van der Waals surface area contributed by atoms with Gasteiger partial charge in [-0.05, 0) is 48.4 Å². The number of nitrogens with zero attached hydrogens (tertiary/aromatic N) is 1. The van der Waals surface area contributed by atoms with Crippen molar-refractivity contribution in [3.63, 3.8) is 0 Å². The fraction of sp³-hybridized carbons (Fsp3) is 0.167. The van der Waals surface area contributed by atoms with Gasteiger partial charge in [-0.1, -0.05) is 36.4 Å². The van der Waals surface area contributed by atoms with E-state index in [1.165, 1.54) is 48.5 Å². The molecule has 0 aromatic heterocycles. The molecule has 7 nitrogen and oxygen atoms in total. The highest BCUT2D eigenvalue weighted by Crippen LogP contribution is 2.43. The highest BCUT2D eigenvalue weighted by atomic mass is 32.2. The summed E-state index contributed by atoms with van der Waals surface area (Å²) < 4.78 is 68.6. The van der Waals surface area contributed by atoms with Crippen molar-refractivity contribution in [2.45, 2.75) is 28.8 Å². The van der Waals surface area contributed by atoms with Gasteiger partial charge in [-0.15, -0.1) is 0 Å². The van der Waals surface area contributed by atoms with Crippen LogP contribution in [-0.2, 0) is 20.8 Å². The smallest absolute Gasteiger partial charge is 0.417 e. The van der Waals surface area contributed by atoms with Crippen molar-refractivity contribution >= 4 is 15.7 Å². The molecule has 0 spiro atoms. The Balaban J connectivity index is 2.35. The maximum Gasteiger partial charge on any atom is 0.417 e. The minimum Gasteiger partial charge on any atom is -0.508 e. The minimum atomic E-state index is -5.02. The van der Waals surface area contributed by atoms with Crippen molar-refractivity contribution in [2.75, 3.05) is 0 Å². The number of sulfone groups is 1. The number of primary amides is 1. The molecule has 2 atom stereocenters. The van der Waals surface area contributed by atoms with Gasteiger partial charge in [0.25, 0.3) is 5.91 Å². The number of alkyl halides is 3. The second kappa shape index (κ2) is 9.05. The zero-order chi connectivity index (χ0) is 26.2. The van der Waals surface area contributed by atoms with Gasteiger partial charge in [0, 0.05) is 5.56 Å². The van der Waals surface area contributed by atoms with E-state index in [2.05, 4.69) is 0 Å². The number of phenols is 1. The number of nitriles is 1. The first-order chi connectivity index (χ1) is 16.2. The van der Waals surface area contributed by atoms with E-state index in [0.29, 0.717) is 6.07 Å². The normalized spacial score (nSPS) is 14.5. The van der Waals surface area contributed by atoms with Crippen LogP contribution in [0, 0.1) is 11.3 Å². The Morgan fingerprint density at radius 2 is 1.71 bits per heavy atom. The van der Waals surface area contributed by atoms with Gasteiger partial charge in [0.05, 0.1) is 22.1 Å². The Kier molecular flexibility index (Phi) is 6.66. The van der Waals surface area contributed by atoms with Crippen LogP contribution in [0.5, 0.6) is 5.75 Å². The Hall–Kier alpha value is -3.88. The molecule has 0 aliphatic carbocycles. The molecular weight excluding hydrogens is 485 g/mol. The van der Waals surface area contributed by atoms with E-state index in [4.69, 9.17) is 11.0 Å². The van der Waals surface area contributed by atoms with Gasteiger partial charge in [-0.2, -0.15) is 18.4 Å². The number of amides is 1. The number of nitrogens with two attached hydrogens (primary N) is 1. The Morgan fingerprint density at radius 3 is 2.29 bits per heavy atom. The highest BCUT2D eigenvalue weighted by Gasteiger charge is 2.49. The van der Waals surface area contributed by atoms with Crippen molar-refractivity contribution in [1.82, 2.24) is 0 Å². The van der Waals surface area contributed by atoms with Crippen LogP contribution in [0.4, 0.5) is 13.2 Å². The molecule has 0 heterocycles. The number of halogens is 3. The molecule has 3 rings (SSSR count). The van der Waals surface area contributed by atoms with Crippen molar-refractivity contribution in [3.8, 4) is 22.9 Å². The zero-order valence-electron chi connectivity index (χ0n) is 18.1. The first-order valence-electron chi connectivity index (χ1n) is 9.97. The SMILES string of the molecule is CC(O)(C(N)=O)C(c1ccc(C#N)c(C(F)(F)F)c1)S(=O)(=O)c1ccccc1-c1cccc(O)c1. The van der Waals surface area contributed by atoms with Crippen LogP contribution in [0.3, 0.4) is 0 Å². The third-order valence-corrected chi connectivity index (χ3v) is 7.76. The number of carbonyl (C=O) groups excluding carboxylic acids is 1. The predicted molar refractivity (Wildman–Crippen MR) is 119 cm³/mol. The van der Waals surface area contributed by atoms with Crippen LogP contribution >= 0.6 is 0 Å². The molecule has 0 bridgehead atoms. The molecule has 0 fully saturated rings. The molecule has 11 heteroatoms. The van der Waals surface area contributed by atoms with Crippen molar-refractivity contribution in [3.05, 3.63) is 83.4 Å². The van der Waals surface area contributed by atoms with Gasteiger partial charge in [-0.25, -0.2) is 8.42 Å². The number of aliphatic hydroxyl groups is 1. The fourth-order valence-electron chi connectivity index (χ4n) is 3.75. The van der Waals surface area contributed by atoms with Crippen LogP contribution in [0.1, 0.15) is 28.9 Å². The largest absolute Gasteiger partial charge is 0.508 e. The minimum absolute atomic E-state index is 0.0679. The summed E-state index contributed by atoms with van der Waals surface area (Å²) in [5.74, 6) is -1.66.